The van der Waals surface area contributed by atoms with Crippen molar-refractivity contribution in [2.45, 2.75) is 26.2 Å². The van der Waals surface area contributed by atoms with Gasteiger partial charge in [-0.1, -0.05) is 80.1 Å². The SMILES string of the molecule is Cc1ccc2c(c1)C(C)(C)c1cc(-c3ncnc(-c4ccccc4)n3)ccc1-2. The van der Waals surface area contributed by atoms with Crippen molar-refractivity contribution in [2.75, 3.05) is 0 Å². The molecule has 3 nitrogen and oxygen atoms in total. The molecular formula is C25H21N3. The Labute approximate surface area is 165 Å². The third-order valence-corrected chi connectivity index (χ3v) is 5.69. The average Bonchev–Trinajstić information content (AvgIpc) is 2.95. The molecule has 1 heterocycles. The van der Waals surface area contributed by atoms with Crippen LogP contribution in [0.4, 0.5) is 0 Å². The lowest BCUT2D eigenvalue weighted by molar-refractivity contribution is 0.660. The van der Waals surface area contributed by atoms with Gasteiger partial charge in [-0.3, -0.25) is 0 Å². The molecule has 0 radical (unpaired) electrons. The normalized spacial score (nSPS) is 13.8. The molecule has 3 aromatic carbocycles. The predicted molar refractivity (Wildman–Crippen MR) is 113 cm³/mol. The summed E-state index contributed by atoms with van der Waals surface area (Å²) in [5.41, 5.74) is 8.63. The van der Waals surface area contributed by atoms with Crippen LogP contribution in [0, 0.1) is 6.92 Å². The van der Waals surface area contributed by atoms with Crippen LogP contribution in [0.5, 0.6) is 0 Å². The van der Waals surface area contributed by atoms with Crippen LogP contribution >= 0.6 is 0 Å². The minimum Gasteiger partial charge on any atom is -0.217 e. The first-order valence-corrected chi connectivity index (χ1v) is 9.55. The topological polar surface area (TPSA) is 38.7 Å². The molecule has 5 rings (SSSR count). The van der Waals surface area contributed by atoms with Crippen LogP contribution < -0.4 is 0 Å². The minimum atomic E-state index is -0.0397. The van der Waals surface area contributed by atoms with E-state index >= 15 is 0 Å². The molecule has 0 amide bonds. The Morgan fingerprint density at radius 1 is 0.679 bits per heavy atom. The quantitative estimate of drug-likeness (QED) is 0.450. The molecule has 1 aliphatic carbocycles. The second-order valence-electron chi connectivity index (χ2n) is 7.93. The van der Waals surface area contributed by atoms with Crippen molar-refractivity contribution in [2.24, 2.45) is 0 Å². The van der Waals surface area contributed by atoms with E-state index < -0.39 is 0 Å². The van der Waals surface area contributed by atoms with Crippen LogP contribution in [0.15, 0.2) is 73.1 Å². The molecule has 3 heteroatoms. The van der Waals surface area contributed by atoms with Crippen molar-refractivity contribution >= 4 is 0 Å². The maximum absolute atomic E-state index is 4.73. The summed E-state index contributed by atoms with van der Waals surface area (Å²) in [6.07, 6.45) is 1.60. The molecule has 0 spiro atoms. The fraction of sp³-hybridized carbons (Fsp3) is 0.160. The van der Waals surface area contributed by atoms with E-state index in [0.717, 1.165) is 11.1 Å². The first kappa shape index (κ1) is 16.8. The van der Waals surface area contributed by atoms with Crippen molar-refractivity contribution in [1.29, 1.82) is 0 Å². The molecule has 1 aromatic heterocycles. The van der Waals surface area contributed by atoms with Gasteiger partial charge in [0, 0.05) is 16.5 Å². The summed E-state index contributed by atoms with van der Waals surface area (Å²) in [4.78, 5) is 13.5. The highest BCUT2D eigenvalue weighted by atomic mass is 15.0. The highest BCUT2D eigenvalue weighted by Gasteiger charge is 2.35. The molecule has 0 N–H and O–H groups in total. The number of aromatic nitrogens is 3. The predicted octanol–water partition coefficient (Wildman–Crippen LogP) is 5.82. The van der Waals surface area contributed by atoms with Gasteiger partial charge in [0.05, 0.1) is 0 Å². The molecule has 1 aliphatic rings. The van der Waals surface area contributed by atoms with Gasteiger partial charge in [0.1, 0.15) is 6.33 Å². The van der Waals surface area contributed by atoms with E-state index in [4.69, 9.17) is 4.98 Å². The lowest BCUT2D eigenvalue weighted by atomic mass is 9.81. The smallest absolute Gasteiger partial charge is 0.163 e. The van der Waals surface area contributed by atoms with E-state index in [1.807, 2.05) is 30.3 Å². The fourth-order valence-corrected chi connectivity index (χ4v) is 4.15. The second-order valence-corrected chi connectivity index (χ2v) is 7.93. The summed E-state index contributed by atoms with van der Waals surface area (Å²) in [7, 11) is 0. The highest BCUT2D eigenvalue weighted by Crippen LogP contribution is 2.49. The van der Waals surface area contributed by atoms with E-state index in [1.54, 1.807) is 6.33 Å². The molecular weight excluding hydrogens is 342 g/mol. The van der Waals surface area contributed by atoms with Crippen molar-refractivity contribution in [1.82, 2.24) is 15.0 Å². The number of rotatable bonds is 2. The average molecular weight is 363 g/mol. The zero-order valence-corrected chi connectivity index (χ0v) is 16.3. The van der Waals surface area contributed by atoms with E-state index in [2.05, 4.69) is 67.1 Å². The number of nitrogens with zero attached hydrogens (tertiary/aromatic N) is 3. The van der Waals surface area contributed by atoms with Crippen LogP contribution in [0.2, 0.25) is 0 Å². The summed E-state index contributed by atoms with van der Waals surface area (Å²) in [6, 6.07) is 23.3. The fourth-order valence-electron chi connectivity index (χ4n) is 4.15. The Balaban J connectivity index is 1.62. The highest BCUT2D eigenvalue weighted by molar-refractivity contribution is 5.83. The van der Waals surface area contributed by atoms with Gasteiger partial charge in [-0.05, 0) is 35.2 Å². The minimum absolute atomic E-state index is 0.0397. The van der Waals surface area contributed by atoms with Gasteiger partial charge < -0.3 is 0 Å². The molecule has 0 aliphatic heterocycles. The monoisotopic (exact) mass is 363 g/mol. The molecule has 0 saturated heterocycles. The zero-order chi connectivity index (χ0) is 19.3. The molecule has 0 saturated carbocycles. The van der Waals surface area contributed by atoms with E-state index in [-0.39, 0.29) is 5.41 Å². The molecule has 0 bridgehead atoms. The van der Waals surface area contributed by atoms with Gasteiger partial charge >= 0.3 is 0 Å². The molecule has 136 valence electrons. The third kappa shape index (κ3) is 2.55. The maximum atomic E-state index is 4.73. The van der Waals surface area contributed by atoms with E-state index in [0.29, 0.717) is 11.6 Å². The lowest BCUT2D eigenvalue weighted by Crippen LogP contribution is -2.15. The van der Waals surface area contributed by atoms with E-state index in [9.17, 15) is 0 Å². The molecule has 0 fully saturated rings. The lowest BCUT2D eigenvalue weighted by Gasteiger charge is -2.22. The first-order chi connectivity index (χ1) is 13.5. The number of fused-ring (bicyclic) bond motifs is 3. The van der Waals surface area contributed by atoms with Gasteiger partial charge in [-0.2, -0.15) is 0 Å². The van der Waals surface area contributed by atoms with Crippen LogP contribution in [-0.4, -0.2) is 15.0 Å². The van der Waals surface area contributed by atoms with E-state index in [1.165, 1.54) is 27.8 Å². The van der Waals surface area contributed by atoms with Gasteiger partial charge in [0.25, 0.3) is 0 Å². The van der Waals surface area contributed by atoms with Gasteiger partial charge in [-0.25, -0.2) is 15.0 Å². The Morgan fingerprint density at radius 3 is 2.07 bits per heavy atom. The van der Waals surface area contributed by atoms with Gasteiger partial charge in [0.15, 0.2) is 11.6 Å². The van der Waals surface area contributed by atoms with Crippen molar-refractivity contribution in [3.05, 3.63) is 89.7 Å². The molecule has 28 heavy (non-hydrogen) atoms. The van der Waals surface area contributed by atoms with Crippen LogP contribution in [0.25, 0.3) is 33.9 Å². The number of aryl methyl sites for hydroxylation is 1. The molecule has 0 atom stereocenters. The maximum Gasteiger partial charge on any atom is 0.163 e. The van der Waals surface area contributed by atoms with Crippen molar-refractivity contribution in [3.63, 3.8) is 0 Å². The van der Waals surface area contributed by atoms with Crippen LogP contribution in [0.3, 0.4) is 0 Å². The summed E-state index contributed by atoms with van der Waals surface area (Å²) in [5, 5.41) is 0. The molecule has 0 unspecified atom stereocenters. The van der Waals surface area contributed by atoms with Crippen molar-refractivity contribution in [3.8, 4) is 33.9 Å². The Bertz CT molecular complexity index is 1190. The number of hydrogen-bond donors (Lipinski definition) is 0. The summed E-state index contributed by atoms with van der Waals surface area (Å²) in [6.45, 7) is 6.74. The Kier molecular flexibility index (Phi) is 3.66. The number of benzene rings is 3. The van der Waals surface area contributed by atoms with Gasteiger partial charge in [0.2, 0.25) is 0 Å². The largest absolute Gasteiger partial charge is 0.217 e. The summed E-state index contributed by atoms with van der Waals surface area (Å²) in [5.74, 6) is 1.41. The first-order valence-electron chi connectivity index (χ1n) is 9.55. The Hall–Kier alpha value is -3.33. The Morgan fingerprint density at radius 2 is 1.32 bits per heavy atom. The van der Waals surface area contributed by atoms with Crippen LogP contribution in [-0.2, 0) is 5.41 Å². The number of hydrogen-bond acceptors (Lipinski definition) is 3. The third-order valence-electron chi connectivity index (χ3n) is 5.69. The summed E-state index contributed by atoms with van der Waals surface area (Å²) < 4.78 is 0. The zero-order valence-electron chi connectivity index (χ0n) is 16.3. The van der Waals surface area contributed by atoms with Crippen molar-refractivity contribution < 1.29 is 0 Å². The van der Waals surface area contributed by atoms with Crippen LogP contribution in [0.1, 0.15) is 30.5 Å². The molecule has 4 aromatic rings. The standard InChI is InChI=1S/C25H21N3/c1-16-9-11-19-20-12-10-18(14-22(20)25(2,3)21(19)13-16)24-27-15-26-23(28-24)17-7-5-4-6-8-17/h4-15H,1-3H3. The summed E-state index contributed by atoms with van der Waals surface area (Å²) >= 11 is 0. The van der Waals surface area contributed by atoms with Gasteiger partial charge in [-0.15, -0.1) is 0 Å². The second kappa shape index (κ2) is 6.10.